The predicted molar refractivity (Wildman–Crippen MR) is 79.2 cm³/mol. The number of aryl methyl sites for hydroxylation is 1. The molecule has 1 aromatic carbocycles. The Kier molecular flexibility index (Phi) is 4.35. The number of benzene rings is 1. The van der Waals surface area contributed by atoms with Gasteiger partial charge in [0.25, 0.3) is 0 Å². The number of halogens is 2. The number of nitrogens with one attached hydrogen (secondary N) is 1. The Bertz CT molecular complexity index is 532. The molecule has 0 fully saturated rings. The van der Waals surface area contributed by atoms with Crippen molar-refractivity contribution in [2.24, 2.45) is 0 Å². The van der Waals surface area contributed by atoms with Gasteiger partial charge in [-0.1, -0.05) is 0 Å². The summed E-state index contributed by atoms with van der Waals surface area (Å²) >= 11 is 6.70. The topological polar surface area (TPSA) is 34.4 Å². The summed E-state index contributed by atoms with van der Waals surface area (Å²) in [5.41, 5.74) is 2.14. The second kappa shape index (κ2) is 5.80. The lowest BCUT2D eigenvalue weighted by Crippen LogP contribution is -1.98. The van der Waals surface area contributed by atoms with E-state index in [0.29, 0.717) is 11.2 Å². The zero-order valence-corrected chi connectivity index (χ0v) is 13.3. The molecule has 3 nitrogen and oxygen atoms in total. The minimum absolute atomic E-state index is 0.635. The SMILES string of the molecule is COc1ccc(NCc2cc(Br)c(Br)o2)cc1C. The van der Waals surface area contributed by atoms with Crippen molar-refractivity contribution < 1.29 is 9.15 Å². The van der Waals surface area contributed by atoms with Gasteiger partial charge in [-0.2, -0.15) is 0 Å². The lowest BCUT2D eigenvalue weighted by Gasteiger charge is -2.08. The van der Waals surface area contributed by atoms with Crippen molar-refractivity contribution in [1.29, 1.82) is 0 Å². The number of hydrogen-bond acceptors (Lipinski definition) is 3. The van der Waals surface area contributed by atoms with Crippen LogP contribution in [-0.2, 0) is 6.54 Å². The number of anilines is 1. The molecule has 0 saturated carbocycles. The average Bonchev–Trinajstić information content (AvgIpc) is 2.66. The number of rotatable bonds is 4. The van der Waals surface area contributed by atoms with E-state index in [-0.39, 0.29) is 0 Å². The zero-order chi connectivity index (χ0) is 13.1. The Balaban J connectivity index is 2.04. The summed E-state index contributed by atoms with van der Waals surface area (Å²) in [6.45, 7) is 2.65. The van der Waals surface area contributed by atoms with Crippen molar-refractivity contribution in [3.8, 4) is 5.75 Å². The van der Waals surface area contributed by atoms with E-state index in [1.807, 2.05) is 31.2 Å². The molecule has 0 aliphatic heterocycles. The van der Waals surface area contributed by atoms with Crippen LogP contribution in [0.5, 0.6) is 5.75 Å². The van der Waals surface area contributed by atoms with E-state index in [9.17, 15) is 0 Å². The van der Waals surface area contributed by atoms with Crippen LogP contribution in [0.1, 0.15) is 11.3 Å². The van der Waals surface area contributed by atoms with Crippen molar-refractivity contribution in [2.45, 2.75) is 13.5 Å². The van der Waals surface area contributed by atoms with Crippen LogP contribution in [-0.4, -0.2) is 7.11 Å². The number of hydrogen-bond donors (Lipinski definition) is 1. The first-order valence-electron chi connectivity index (χ1n) is 5.42. The minimum atomic E-state index is 0.635. The van der Waals surface area contributed by atoms with Crippen molar-refractivity contribution in [1.82, 2.24) is 0 Å². The van der Waals surface area contributed by atoms with Crippen LogP contribution in [0.3, 0.4) is 0 Å². The smallest absolute Gasteiger partial charge is 0.183 e. The van der Waals surface area contributed by atoms with E-state index in [0.717, 1.165) is 27.2 Å². The first-order valence-corrected chi connectivity index (χ1v) is 7.01. The summed E-state index contributed by atoms with van der Waals surface area (Å²) in [4.78, 5) is 0. The van der Waals surface area contributed by atoms with Gasteiger partial charge < -0.3 is 14.5 Å². The van der Waals surface area contributed by atoms with E-state index < -0.39 is 0 Å². The summed E-state index contributed by atoms with van der Waals surface area (Å²) < 4.78 is 12.4. The summed E-state index contributed by atoms with van der Waals surface area (Å²) in [5.74, 6) is 1.76. The Morgan fingerprint density at radius 1 is 1.28 bits per heavy atom. The van der Waals surface area contributed by atoms with Gasteiger partial charge in [0.05, 0.1) is 18.1 Å². The Hall–Kier alpha value is -0.940. The summed E-state index contributed by atoms with van der Waals surface area (Å²) in [7, 11) is 1.67. The predicted octanol–water partition coefficient (Wildman–Crippen LogP) is 4.73. The summed E-state index contributed by atoms with van der Waals surface area (Å²) in [6, 6.07) is 7.92. The molecule has 0 saturated heterocycles. The highest BCUT2D eigenvalue weighted by Gasteiger charge is 2.06. The first kappa shape index (κ1) is 13.5. The molecule has 0 amide bonds. The summed E-state index contributed by atoms with van der Waals surface area (Å²) in [5, 5.41) is 3.30. The van der Waals surface area contributed by atoms with Crippen LogP contribution >= 0.6 is 31.9 Å². The van der Waals surface area contributed by atoms with Gasteiger partial charge in [0.15, 0.2) is 4.67 Å². The van der Waals surface area contributed by atoms with Crippen LogP contribution in [0.2, 0.25) is 0 Å². The molecule has 1 aromatic heterocycles. The van der Waals surface area contributed by atoms with E-state index in [2.05, 4.69) is 37.2 Å². The van der Waals surface area contributed by atoms with Crippen LogP contribution < -0.4 is 10.1 Å². The molecule has 0 aliphatic carbocycles. The zero-order valence-electron chi connectivity index (χ0n) is 10.1. The lowest BCUT2D eigenvalue weighted by atomic mass is 10.2. The van der Waals surface area contributed by atoms with Gasteiger partial charge in [0.1, 0.15) is 11.5 Å². The molecule has 5 heteroatoms. The highest BCUT2D eigenvalue weighted by Crippen LogP contribution is 2.27. The van der Waals surface area contributed by atoms with Gasteiger partial charge in [-0.15, -0.1) is 0 Å². The third kappa shape index (κ3) is 3.09. The quantitative estimate of drug-likeness (QED) is 0.839. The van der Waals surface area contributed by atoms with Gasteiger partial charge in [-0.3, -0.25) is 0 Å². The normalized spacial score (nSPS) is 10.4. The Labute approximate surface area is 123 Å². The first-order chi connectivity index (χ1) is 8.60. The van der Waals surface area contributed by atoms with Crippen LogP contribution in [0.4, 0.5) is 5.69 Å². The molecule has 1 heterocycles. The fourth-order valence-electron chi connectivity index (χ4n) is 1.66. The van der Waals surface area contributed by atoms with Crippen molar-refractivity contribution in [3.05, 3.63) is 44.7 Å². The molecule has 0 spiro atoms. The van der Waals surface area contributed by atoms with E-state index in [4.69, 9.17) is 9.15 Å². The molecule has 96 valence electrons. The second-order valence-corrected chi connectivity index (χ2v) is 5.45. The summed E-state index contributed by atoms with van der Waals surface area (Å²) in [6.07, 6.45) is 0. The molecule has 0 atom stereocenters. The van der Waals surface area contributed by atoms with Gasteiger partial charge in [0, 0.05) is 5.69 Å². The molecule has 0 aliphatic rings. The standard InChI is InChI=1S/C13H13Br2NO2/c1-8-5-9(3-4-12(8)17-2)16-7-10-6-11(14)13(15)18-10/h3-6,16H,7H2,1-2H3. The molecule has 1 N–H and O–H groups in total. The Morgan fingerprint density at radius 3 is 2.61 bits per heavy atom. The Morgan fingerprint density at radius 2 is 2.06 bits per heavy atom. The maximum Gasteiger partial charge on any atom is 0.183 e. The minimum Gasteiger partial charge on any atom is -0.496 e. The van der Waals surface area contributed by atoms with Crippen molar-refractivity contribution in [2.75, 3.05) is 12.4 Å². The molecule has 18 heavy (non-hydrogen) atoms. The molecule has 2 aromatic rings. The fourth-order valence-corrected chi connectivity index (χ4v) is 2.31. The third-order valence-corrected chi connectivity index (χ3v) is 4.27. The van der Waals surface area contributed by atoms with Crippen LogP contribution in [0.25, 0.3) is 0 Å². The van der Waals surface area contributed by atoms with Gasteiger partial charge in [0.2, 0.25) is 0 Å². The monoisotopic (exact) mass is 373 g/mol. The maximum absolute atomic E-state index is 5.49. The third-order valence-electron chi connectivity index (χ3n) is 2.56. The van der Waals surface area contributed by atoms with E-state index in [1.54, 1.807) is 7.11 Å². The largest absolute Gasteiger partial charge is 0.496 e. The van der Waals surface area contributed by atoms with Gasteiger partial charge >= 0.3 is 0 Å². The second-order valence-electron chi connectivity index (χ2n) is 3.87. The highest BCUT2D eigenvalue weighted by atomic mass is 79.9. The molecule has 0 bridgehead atoms. The number of furan rings is 1. The molecular formula is C13H13Br2NO2. The van der Waals surface area contributed by atoms with Crippen molar-refractivity contribution in [3.63, 3.8) is 0 Å². The van der Waals surface area contributed by atoms with Gasteiger partial charge in [-0.25, -0.2) is 0 Å². The average molecular weight is 375 g/mol. The molecule has 0 unspecified atom stereocenters. The molecular weight excluding hydrogens is 362 g/mol. The van der Waals surface area contributed by atoms with Crippen molar-refractivity contribution >= 4 is 37.5 Å². The number of ether oxygens (including phenoxy) is 1. The molecule has 2 rings (SSSR count). The molecule has 0 radical (unpaired) electrons. The van der Waals surface area contributed by atoms with Crippen LogP contribution in [0, 0.1) is 6.92 Å². The fraction of sp³-hybridized carbons (Fsp3) is 0.231. The van der Waals surface area contributed by atoms with Crippen LogP contribution in [0.15, 0.2) is 37.8 Å². The van der Waals surface area contributed by atoms with E-state index in [1.165, 1.54) is 0 Å². The maximum atomic E-state index is 5.49. The number of methoxy groups -OCH3 is 1. The highest BCUT2D eigenvalue weighted by molar-refractivity contribution is 9.13. The van der Waals surface area contributed by atoms with Gasteiger partial charge in [-0.05, 0) is 68.6 Å². The van der Waals surface area contributed by atoms with E-state index >= 15 is 0 Å². The lowest BCUT2D eigenvalue weighted by molar-refractivity contribution is 0.412.